The Morgan fingerprint density at radius 2 is 0.487 bits per heavy atom. The van der Waals surface area contributed by atoms with E-state index in [0.717, 1.165) is 135 Å². The van der Waals surface area contributed by atoms with E-state index < -0.39 is 6.10 Å². The molecule has 0 aliphatic carbocycles. The van der Waals surface area contributed by atoms with Gasteiger partial charge in [0.15, 0.2) is 6.10 Å². The van der Waals surface area contributed by atoms with Gasteiger partial charge in [0.1, 0.15) is 13.2 Å². The lowest BCUT2D eigenvalue weighted by atomic mass is 10.0. The average molecular weight is 1110 g/mol. The van der Waals surface area contributed by atoms with E-state index in [1.807, 2.05) is 0 Å². The first kappa shape index (κ1) is 75.8. The molecule has 0 aliphatic heterocycles. The molecule has 1 unspecified atom stereocenters. The molecule has 0 rings (SSSR count). The molecule has 6 nitrogen and oxygen atoms in total. The number of allylic oxidation sites excluding steroid dienone is 20. The molecule has 0 saturated heterocycles. The Bertz CT molecular complexity index is 1650. The van der Waals surface area contributed by atoms with Crippen LogP contribution in [0.5, 0.6) is 0 Å². The Morgan fingerprint density at radius 1 is 0.263 bits per heavy atom. The molecule has 0 radical (unpaired) electrons. The molecular formula is C74H124O6. The second-order valence-corrected chi connectivity index (χ2v) is 22.0. The topological polar surface area (TPSA) is 78.9 Å². The van der Waals surface area contributed by atoms with Crippen LogP contribution in [0.15, 0.2) is 122 Å². The van der Waals surface area contributed by atoms with Crippen LogP contribution in [0.25, 0.3) is 0 Å². The van der Waals surface area contributed by atoms with Gasteiger partial charge in [0.25, 0.3) is 0 Å². The minimum atomic E-state index is -0.789. The van der Waals surface area contributed by atoms with E-state index in [-0.39, 0.29) is 31.1 Å². The zero-order valence-electron chi connectivity index (χ0n) is 52.3. The number of ether oxygens (including phenoxy) is 3. The Balaban J connectivity index is 4.37. The van der Waals surface area contributed by atoms with Gasteiger partial charge in [-0.2, -0.15) is 0 Å². The van der Waals surface area contributed by atoms with Gasteiger partial charge < -0.3 is 14.2 Å². The molecule has 0 aliphatic rings. The lowest BCUT2D eigenvalue weighted by molar-refractivity contribution is -0.167. The summed E-state index contributed by atoms with van der Waals surface area (Å²) in [4.78, 5) is 38.4. The van der Waals surface area contributed by atoms with E-state index in [4.69, 9.17) is 14.2 Å². The van der Waals surface area contributed by atoms with Crippen LogP contribution < -0.4 is 0 Å². The summed E-state index contributed by atoms with van der Waals surface area (Å²) >= 11 is 0. The predicted molar refractivity (Wildman–Crippen MR) is 348 cm³/mol. The van der Waals surface area contributed by atoms with Gasteiger partial charge in [-0.15, -0.1) is 0 Å². The highest BCUT2D eigenvalue weighted by atomic mass is 16.6. The molecule has 0 aromatic heterocycles. The molecule has 0 heterocycles. The molecule has 0 fully saturated rings. The lowest BCUT2D eigenvalue weighted by Crippen LogP contribution is -2.30. The van der Waals surface area contributed by atoms with Gasteiger partial charge in [0.2, 0.25) is 0 Å². The van der Waals surface area contributed by atoms with Crippen molar-refractivity contribution in [3.63, 3.8) is 0 Å². The minimum Gasteiger partial charge on any atom is -0.462 e. The maximum absolute atomic E-state index is 12.9. The van der Waals surface area contributed by atoms with Crippen LogP contribution in [-0.4, -0.2) is 37.2 Å². The molecule has 0 saturated carbocycles. The summed E-state index contributed by atoms with van der Waals surface area (Å²) in [6, 6.07) is 0. The molecule has 1 atom stereocenters. The maximum atomic E-state index is 12.9. The van der Waals surface area contributed by atoms with Crippen molar-refractivity contribution in [2.45, 2.75) is 316 Å². The summed E-state index contributed by atoms with van der Waals surface area (Å²) in [5.41, 5.74) is 0. The zero-order valence-corrected chi connectivity index (χ0v) is 52.3. The smallest absolute Gasteiger partial charge is 0.306 e. The van der Waals surface area contributed by atoms with Crippen molar-refractivity contribution in [1.82, 2.24) is 0 Å². The summed E-state index contributed by atoms with van der Waals surface area (Å²) in [5.74, 6) is -0.890. The highest BCUT2D eigenvalue weighted by Crippen LogP contribution is 2.16. The Hall–Kier alpha value is -4.19. The number of hydrogen-bond donors (Lipinski definition) is 0. The molecule has 0 aromatic carbocycles. The van der Waals surface area contributed by atoms with Crippen LogP contribution >= 0.6 is 0 Å². The maximum Gasteiger partial charge on any atom is 0.306 e. The first-order chi connectivity index (χ1) is 39.5. The fourth-order valence-electron chi connectivity index (χ4n) is 9.26. The number of carbonyl (C=O) groups is 3. The number of carbonyl (C=O) groups excluding carboxylic acids is 3. The van der Waals surface area contributed by atoms with E-state index in [1.165, 1.54) is 135 Å². The second kappa shape index (κ2) is 67.3. The first-order valence-electron chi connectivity index (χ1n) is 33.5. The van der Waals surface area contributed by atoms with Gasteiger partial charge in [0.05, 0.1) is 0 Å². The van der Waals surface area contributed by atoms with Gasteiger partial charge in [0, 0.05) is 19.3 Å². The van der Waals surface area contributed by atoms with Gasteiger partial charge in [-0.05, 0) is 109 Å². The van der Waals surface area contributed by atoms with Crippen LogP contribution in [-0.2, 0) is 28.6 Å². The molecule has 0 amide bonds. The third-order valence-electron chi connectivity index (χ3n) is 14.2. The van der Waals surface area contributed by atoms with Crippen molar-refractivity contribution in [1.29, 1.82) is 0 Å². The third kappa shape index (κ3) is 64.6. The summed E-state index contributed by atoms with van der Waals surface area (Å²) < 4.78 is 17.0. The van der Waals surface area contributed by atoms with Crippen LogP contribution in [0.4, 0.5) is 0 Å². The van der Waals surface area contributed by atoms with Crippen LogP contribution in [0.3, 0.4) is 0 Å². The largest absolute Gasteiger partial charge is 0.462 e. The van der Waals surface area contributed by atoms with Crippen molar-refractivity contribution in [2.75, 3.05) is 13.2 Å². The van der Waals surface area contributed by atoms with E-state index >= 15 is 0 Å². The second-order valence-electron chi connectivity index (χ2n) is 22.0. The first-order valence-corrected chi connectivity index (χ1v) is 33.5. The molecule has 456 valence electrons. The van der Waals surface area contributed by atoms with Gasteiger partial charge in [-0.3, -0.25) is 14.4 Å². The molecular weight excluding hydrogens is 985 g/mol. The molecule has 0 N–H and O–H groups in total. The highest BCUT2D eigenvalue weighted by molar-refractivity contribution is 5.71. The summed E-state index contributed by atoms with van der Waals surface area (Å²) in [5, 5.41) is 0. The fourth-order valence-corrected chi connectivity index (χ4v) is 9.26. The van der Waals surface area contributed by atoms with E-state index in [9.17, 15) is 14.4 Å². The minimum absolute atomic E-state index is 0.0832. The highest BCUT2D eigenvalue weighted by Gasteiger charge is 2.19. The number of hydrogen-bond acceptors (Lipinski definition) is 6. The average Bonchev–Trinajstić information content (AvgIpc) is 3.46. The zero-order chi connectivity index (χ0) is 57.8. The Morgan fingerprint density at radius 3 is 0.762 bits per heavy atom. The standard InChI is InChI=1S/C74H124O6/c1-4-7-10-13-16-19-22-25-28-30-32-34-35-36-37-38-39-41-42-44-46-49-52-55-58-61-64-67-73(76)79-70-71(69-78-72(75)66-63-60-57-54-51-48-27-24-21-18-15-12-9-6-3)80-74(77)68-65-62-59-56-53-50-47-45-43-40-33-31-29-26-23-20-17-14-11-8-5-2/h7-8,10-11,16-17,19-20,25-26,28-29,32-34,36-37,39-41,71H,4-6,9,12-15,18,21-24,27,30-31,35,38,42-70H2,1-3H3/b10-7-,11-8-,19-16-,20-17-,28-25-,29-26-,34-32-,37-36-,40-33-,41-39-. The van der Waals surface area contributed by atoms with Crippen molar-refractivity contribution in [2.24, 2.45) is 0 Å². The van der Waals surface area contributed by atoms with E-state index in [0.29, 0.717) is 19.3 Å². The van der Waals surface area contributed by atoms with Crippen LogP contribution in [0.1, 0.15) is 310 Å². The van der Waals surface area contributed by atoms with Gasteiger partial charge in [-0.25, -0.2) is 0 Å². The monoisotopic (exact) mass is 1110 g/mol. The third-order valence-corrected chi connectivity index (χ3v) is 14.2. The molecule has 80 heavy (non-hydrogen) atoms. The van der Waals surface area contributed by atoms with Gasteiger partial charge in [-0.1, -0.05) is 303 Å². The Kier molecular flexibility index (Phi) is 63.8. The predicted octanol–water partition coefficient (Wildman–Crippen LogP) is 23.2. The summed E-state index contributed by atoms with van der Waals surface area (Å²) in [6.07, 6.45) is 93.4. The summed E-state index contributed by atoms with van der Waals surface area (Å²) in [7, 11) is 0. The van der Waals surface area contributed by atoms with Crippen LogP contribution in [0, 0.1) is 0 Å². The molecule has 0 spiro atoms. The van der Waals surface area contributed by atoms with Crippen molar-refractivity contribution < 1.29 is 28.6 Å². The lowest BCUT2D eigenvalue weighted by Gasteiger charge is -2.18. The van der Waals surface area contributed by atoms with Crippen LogP contribution in [0.2, 0.25) is 0 Å². The number of rotatable bonds is 60. The van der Waals surface area contributed by atoms with Gasteiger partial charge >= 0.3 is 17.9 Å². The SMILES string of the molecule is CC/C=C\C/C=C\C/C=C\C/C=C\C/C=C\C/C=C\CCCCCCCCCCC(=O)OCC(COC(=O)CCCCCCCCCCCCCCCC)OC(=O)CCCCCCCCCC/C=C\C/C=C\C/C=C\C/C=C\CC. The van der Waals surface area contributed by atoms with E-state index in [1.54, 1.807) is 0 Å². The number of esters is 3. The van der Waals surface area contributed by atoms with Crippen molar-refractivity contribution in [3.05, 3.63) is 122 Å². The Labute approximate surface area is 494 Å². The van der Waals surface area contributed by atoms with E-state index in [2.05, 4.69) is 142 Å². The normalized spacial score (nSPS) is 12.9. The quantitative estimate of drug-likeness (QED) is 0.0261. The molecule has 0 aromatic rings. The molecule has 0 bridgehead atoms. The fraction of sp³-hybridized carbons (Fsp3) is 0.689. The number of unbranched alkanes of at least 4 members (excludes halogenated alkanes) is 29. The van der Waals surface area contributed by atoms with Crippen molar-refractivity contribution >= 4 is 17.9 Å². The summed E-state index contributed by atoms with van der Waals surface area (Å²) in [6.45, 7) is 6.43. The molecule has 6 heteroatoms. The van der Waals surface area contributed by atoms with Crippen molar-refractivity contribution in [3.8, 4) is 0 Å².